The number of allylic oxidation sites excluding steroid dienone is 3. The number of carbonyl (C=O) groups excluding carboxylic acids is 1. The molecule has 0 aromatic heterocycles. The molecule has 0 aliphatic heterocycles. The molecule has 0 amide bonds. The molecule has 0 spiro atoms. The molecule has 1 aliphatic rings. The van der Waals surface area contributed by atoms with Crippen molar-refractivity contribution >= 4 is 6.29 Å². The molecule has 1 atom stereocenters. The van der Waals surface area contributed by atoms with Gasteiger partial charge >= 0.3 is 0 Å². The minimum Gasteiger partial charge on any atom is -0.299 e. The van der Waals surface area contributed by atoms with Crippen LogP contribution in [-0.4, -0.2) is 6.29 Å². The first-order chi connectivity index (χ1) is 6.58. The van der Waals surface area contributed by atoms with E-state index in [4.69, 9.17) is 0 Å². The van der Waals surface area contributed by atoms with Gasteiger partial charge in [0.25, 0.3) is 0 Å². The number of hydrogen-bond donors (Lipinski definition) is 0. The van der Waals surface area contributed by atoms with Gasteiger partial charge in [-0.15, -0.1) is 0 Å². The Hall–Kier alpha value is -0.850. The molecule has 0 N–H and O–H groups in total. The van der Waals surface area contributed by atoms with E-state index in [1.54, 1.807) is 6.08 Å². The van der Waals surface area contributed by atoms with Crippen LogP contribution in [0.3, 0.4) is 0 Å². The molecule has 14 heavy (non-hydrogen) atoms. The number of hydrogen-bond acceptors (Lipinski definition) is 1. The average molecular weight is 192 g/mol. The van der Waals surface area contributed by atoms with Crippen LogP contribution in [-0.2, 0) is 4.79 Å². The van der Waals surface area contributed by atoms with Crippen molar-refractivity contribution in [3.63, 3.8) is 0 Å². The summed E-state index contributed by atoms with van der Waals surface area (Å²) in [6.45, 7) is 8.75. The molecule has 0 aromatic rings. The topological polar surface area (TPSA) is 17.1 Å². The zero-order valence-electron chi connectivity index (χ0n) is 9.25. The van der Waals surface area contributed by atoms with Crippen LogP contribution in [0.5, 0.6) is 0 Å². The zero-order valence-corrected chi connectivity index (χ0v) is 9.25. The SMILES string of the molecule is C=C1CCCC(C)(C)C1C/C=C\C=O. The Balaban J connectivity index is 2.65. The molecular weight excluding hydrogens is 172 g/mol. The van der Waals surface area contributed by atoms with E-state index in [9.17, 15) is 4.79 Å². The average Bonchev–Trinajstić information content (AvgIpc) is 2.09. The monoisotopic (exact) mass is 192 g/mol. The van der Waals surface area contributed by atoms with Crippen molar-refractivity contribution in [2.24, 2.45) is 11.3 Å². The van der Waals surface area contributed by atoms with Gasteiger partial charge in [0.05, 0.1) is 0 Å². The molecule has 1 unspecified atom stereocenters. The second-order valence-corrected chi connectivity index (χ2v) is 4.85. The fourth-order valence-corrected chi connectivity index (χ4v) is 2.43. The normalized spacial score (nSPS) is 26.7. The summed E-state index contributed by atoms with van der Waals surface area (Å²) in [6.07, 6.45) is 9.06. The van der Waals surface area contributed by atoms with Crippen LogP contribution in [0.1, 0.15) is 39.5 Å². The van der Waals surface area contributed by atoms with Gasteiger partial charge in [0.15, 0.2) is 0 Å². The Morgan fingerprint density at radius 3 is 2.86 bits per heavy atom. The summed E-state index contributed by atoms with van der Waals surface area (Å²) in [4.78, 5) is 10.2. The number of rotatable bonds is 3. The summed E-state index contributed by atoms with van der Waals surface area (Å²) in [6, 6.07) is 0. The summed E-state index contributed by atoms with van der Waals surface area (Å²) >= 11 is 0. The van der Waals surface area contributed by atoms with Crippen molar-refractivity contribution in [1.29, 1.82) is 0 Å². The first-order valence-corrected chi connectivity index (χ1v) is 5.36. The van der Waals surface area contributed by atoms with E-state index in [0.717, 1.165) is 19.1 Å². The summed E-state index contributed by atoms with van der Waals surface area (Å²) < 4.78 is 0. The van der Waals surface area contributed by atoms with Crippen molar-refractivity contribution in [1.82, 2.24) is 0 Å². The summed E-state index contributed by atoms with van der Waals surface area (Å²) in [5.74, 6) is 0.549. The van der Waals surface area contributed by atoms with Crippen LogP contribution in [0, 0.1) is 11.3 Å². The molecule has 1 rings (SSSR count). The molecule has 78 valence electrons. The molecule has 0 saturated heterocycles. The first kappa shape index (κ1) is 11.2. The van der Waals surface area contributed by atoms with Gasteiger partial charge in [-0.2, -0.15) is 0 Å². The fourth-order valence-electron chi connectivity index (χ4n) is 2.43. The maximum atomic E-state index is 10.2. The van der Waals surface area contributed by atoms with Gasteiger partial charge < -0.3 is 0 Å². The smallest absolute Gasteiger partial charge is 0.142 e. The Bertz CT molecular complexity index is 248. The second-order valence-electron chi connectivity index (χ2n) is 4.85. The fraction of sp³-hybridized carbons (Fsp3) is 0.615. The van der Waals surface area contributed by atoms with Crippen LogP contribution in [0.4, 0.5) is 0 Å². The Labute approximate surface area is 86.9 Å². The molecule has 0 radical (unpaired) electrons. The van der Waals surface area contributed by atoms with Crippen molar-refractivity contribution < 1.29 is 4.79 Å². The Morgan fingerprint density at radius 1 is 1.57 bits per heavy atom. The largest absolute Gasteiger partial charge is 0.299 e. The molecule has 0 bridgehead atoms. The van der Waals surface area contributed by atoms with E-state index in [2.05, 4.69) is 20.4 Å². The maximum absolute atomic E-state index is 10.2. The number of aldehydes is 1. The van der Waals surface area contributed by atoms with Gasteiger partial charge in [-0.25, -0.2) is 0 Å². The van der Waals surface area contributed by atoms with Gasteiger partial charge in [-0.05, 0) is 43.1 Å². The number of carbonyl (C=O) groups is 1. The van der Waals surface area contributed by atoms with E-state index >= 15 is 0 Å². The Morgan fingerprint density at radius 2 is 2.29 bits per heavy atom. The summed E-state index contributed by atoms with van der Waals surface area (Å²) in [7, 11) is 0. The van der Waals surface area contributed by atoms with Crippen LogP contribution in [0.2, 0.25) is 0 Å². The summed E-state index contributed by atoms with van der Waals surface area (Å²) in [5, 5.41) is 0. The highest BCUT2D eigenvalue weighted by Gasteiger charge is 2.33. The van der Waals surface area contributed by atoms with Gasteiger partial charge in [-0.3, -0.25) is 4.79 Å². The lowest BCUT2D eigenvalue weighted by Crippen LogP contribution is -2.28. The molecular formula is C13H20O. The minimum atomic E-state index is 0.350. The van der Waals surface area contributed by atoms with Crippen LogP contribution in [0.25, 0.3) is 0 Å². The zero-order chi connectivity index (χ0) is 10.6. The molecule has 1 saturated carbocycles. The lowest BCUT2D eigenvalue weighted by Gasteiger charge is -2.39. The second kappa shape index (κ2) is 4.59. The van der Waals surface area contributed by atoms with Gasteiger partial charge in [0, 0.05) is 0 Å². The lowest BCUT2D eigenvalue weighted by molar-refractivity contribution is -0.104. The third-order valence-electron chi connectivity index (χ3n) is 3.34. The minimum absolute atomic E-state index is 0.350. The lowest BCUT2D eigenvalue weighted by atomic mass is 9.65. The van der Waals surface area contributed by atoms with Crippen molar-refractivity contribution in [3.8, 4) is 0 Å². The van der Waals surface area contributed by atoms with E-state index < -0.39 is 0 Å². The van der Waals surface area contributed by atoms with Crippen molar-refractivity contribution in [2.75, 3.05) is 0 Å². The highest BCUT2D eigenvalue weighted by atomic mass is 16.1. The van der Waals surface area contributed by atoms with E-state index in [-0.39, 0.29) is 0 Å². The molecule has 0 heterocycles. The predicted molar refractivity (Wildman–Crippen MR) is 60.1 cm³/mol. The van der Waals surface area contributed by atoms with Gasteiger partial charge in [0.1, 0.15) is 6.29 Å². The molecule has 1 heteroatoms. The maximum Gasteiger partial charge on any atom is 0.142 e. The molecule has 0 aromatic carbocycles. The molecule has 1 fully saturated rings. The molecule has 1 nitrogen and oxygen atoms in total. The highest BCUT2D eigenvalue weighted by Crippen LogP contribution is 2.44. The third-order valence-corrected chi connectivity index (χ3v) is 3.34. The van der Waals surface area contributed by atoms with Crippen LogP contribution in [0.15, 0.2) is 24.3 Å². The Kier molecular flexibility index (Phi) is 3.68. The van der Waals surface area contributed by atoms with Gasteiger partial charge in [-0.1, -0.05) is 32.1 Å². The van der Waals surface area contributed by atoms with E-state index in [0.29, 0.717) is 11.3 Å². The third kappa shape index (κ3) is 2.57. The van der Waals surface area contributed by atoms with Gasteiger partial charge in [0.2, 0.25) is 0 Å². The van der Waals surface area contributed by atoms with Crippen LogP contribution < -0.4 is 0 Å². The molecule has 1 aliphatic carbocycles. The van der Waals surface area contributed by atoms with E-state index in [1.165, 1.54) is 18.4 Å². The van der Waals surface area contributed by atoms with Crippen molar-refractivity contribution in [2.45, 2.75) is 39.5 Å². The predicted octanol–water partition coefficient (Wildman–Crippen LogP) is 3.51. The van der Waals surface area contributed by atoms with Crippen LogP contribution >= 0.6 is 0 Å². The van der Waals surface area contributed by atoms with Crippen molar-refractivity contribution in [3.05, 3.63) is 24.3 Å². The standard InChI is InChI=1S/C13H20O/c1-11-7-6-9-13(2,3)12(11)8-4-5-10-14/h4-5,10,12H,1,6-9H2,2-3H3/b5-4-. The quantitative estimate of drug-likeness (QED) is 0.380. The first-order valence-electron chi connectivity index (χ1n) is 5.36. The van der Waals surface area contributed by atoms with E-state index in [1.807, 2.05) is 6.08 Å². The highest BCUT2D eigenvalue weighted by molar-refractivity contribution is 5.64. The summed E-state index contributed by atoms with van der Waals surface area (Å²) in [5.41, 5.74) is 1.71.